The summed E-state index contributed by atoms with van der Waals surface area (Å²) in [6.07, 6.45) is 6.48. The number of anilines is 3. The predicted molar refractivity (Wildman–Crippen MR) is 138 cm³/mol. The third kappa shape index (κ3) is 3.43. The van der Waals surface area contributed by atoms with E-state index in [2.05, 4.69) is 5.32 Å². The number of hydrogen-bond donors (Lipinski definition) is 1. The van der Waals surface area contributed by atoms with Crippen LogP contribution >= 0.6 is 0 Å². The molecule has 0 spiro atoms. The molecule has 36 heavy (non-hydrogen) atoms. The fourth-order valence-corrected chi connectivity index (χ4v) is 5.44. The van der Waals surface area contributed by atoms with Crippen LogP contribution < -0.4 is 20.0 Å². The van der Waals surface area contributed by atoms with Gasteiger partial charge in [0.25, 0.3) is 5.91 Å². The molecule has 1 saturated carbocycles. The Kier molecular flexibility index (Phi) is 5.21. The highest BCUT2D eigenvalue weighted by molar-refractivity contribution is 6.14. The van der Waals surface area contributed by atoms with E-state index < -0.39 is 12.0 Å². The Hall–Kier alpha value is -3.94. The molecule has 2 aliphatic carbocycles. The monoisotopic (exact) mass is 483 g/mol. The van der Waals surface area contributed by atoms with Crippen LogP contribution in [-0.2, 0) is 14.4 Å². The Morgan fingerprint density at radius 1 is 1.06 bits per heavy atom. The van der Waals surface area contributed by atoms with Gasteiger partial charge >= 0.3 is 0 Å². The number of nitrogens with zero attached hydrogens (tertiary/aromatic N) is 4. The van der Waals surface area contributed by atoms with E-state index in [1.165, 1.54) is 0 Å². The number of benzene rings is 1. The van der Waals surface area contributed by atoms with Crippen LogP contribution in [0.2, 0.25) is 0 Å². The zero-order valence-electron chi connectivity index (χ0n) is 20.6. The fraction of sp³-hybridized carbons (Fsp3) is 0.357. The number of nitrogens with one attached hydrogen (secondary N) is 1. The SMILES string of the molecule is CC1C(=O)N(C)c2ccc(N3C(=O)C4=C(C=CCC4C(=O)NC4CC4)C3c3ccccc3)nc2N1C. The number of amides is 3. The van der Waals surface area contributed by atoms with E-state index in [1.807, 2.05) is 67.4 Å². The first-order valence-corrected chi connectivity index (χ1v) is 12.5. The van der Waals surface area contributed by atoms with Crippen molar-refractivity contribution in [1.29, 1.82) is 0 Å². The lowest BCUT2D eigenvalue weighted by atomic mass is 9.84. The van der Waals surface area contributed by atoms with Gasteiger partial charge in [-0.2, -0.15) is 0 Å². The van der Waals surface area contributed by atoms with Crippen molar-refractivity contribution < 1.29 is 14.4 Å². The lowest BCUT2D eigenvalue weighted by Crippen LogP contribution is -2.49. The highest BCUT2D eigenvalue weighted by Crippen LogP contribution is 2.47. The Balaban J connectivity index is 1.46. The molecule has 3 atom stereocenters. The van der Waals surface area contributed by atoms with Gasteiger partial charge in [0, 0.05) is 25.7 Å². The molecule has 3 heterocycles. The molecular weight excluding hydrogens is 454 g/mol. The molecule has 1 aromatic carbocycles. The van der Waals surface area contributed by atoms with E-state index in [1.54, 1.807) is 22.9 Å². The van der Waals surface area contributed by atoms with Crippen LogP contribution in [0, 0.1) is 5.92 Å². The molecule has 4 aliphatic rings. The maximum absolute atomic E-state index is 14.1. The number of likely N-dealkylation sites (N-methyl/N-ethyl adjacent to an activating group) is 2. The first-order valence-electron chi connectivity index (χ1n) is 12.5. The van der Waals surface area contributed by atoms with Gasteiger partial charge in [-0.05, 0) is 49.5 Å². The van der Waals surface area contributed by atoms with Crippen molar-refractivity contribution in [2.75, 3.05) is 28.8 Å². The number of carbonyl (C=O) groups is 3. The minimum Gasteiger partial charge on any atom is -0.353 e. The van der Waals surface area contributed by atoms with Crippen LogP contribution in [0.1, 0.15) is 37.8 Å². The molecule has 3 amide bonds. The van der Waals surface area contributed by atoms with E-state index in [9.17, 15) is 14.4 Å². The average Bonchev–Trinajstić information content (AvgIpc) is 3.67. The van der Waals surface area contributed by atoms with Crippen molar-refractivity contribution >= 4 is 35.0 Å². The van der Waals surface area contributed by atoms with Crippen molar-refractivity contribution in [2.45, 2.75) is 44.3 Å². The van der Waals surface area contributed by atoms with Gasteiger partial charge in [-0.1, -0.05) is 42.5 Å². The Morgan fingerprint density at radius 3 is 2.53 bits per heavy atom. The van der Waals surface area contributed by atoms with Crippen LogP contribution in [-0.4, -0.2) is 48.9 Å². The second-order valence-electron chi connectivity index (χ2n) is 10.0. The van der Waals surface area contributed by atoms with Crippen LogP contribution in [0.25, 0.3) is 0 Å². The van der Waals surface area contributed by atoms with Crippen molar-refractivity contribution in [3.05, 3.63) is 71.3 Å². The topological polar surface area (TPSA) is 85.8 Å². The summed E-state index contributed by atoms with van der Waals surface area (Å²) in [5.74, 6) is 0.346. The number of rotatable bonds is 4. The second kappa shape index (κ2) is 8.33. The van der Waals surface area contributed by atoms with Crippen LogP contribution in [0.5, 0.6) is 0 Å². The van der Waals surface area contributed by atoms with E-state index >= 15 is 0 Å². The number of allylic oxidation sites excluding steroid dienone is 1. The lowest BCUT2D eigenvalue weighted by Gasteiger charge is -2.37. The largest absolute Gasteiger partial charge is 0.353 e. The molecule has 6 rings (SSSR count). The standard InChI is InChI=1S/C28H29N5O3/c1-16-27(35)32(3)21-14-15-22(30-25(21)31(16)2)33-24(17-8-5-4-6-9-17)19-10-7-11-20(23(19)28(33)36)26(34)29-18-12-13-18/h4-10,14-16,18,20,24H,11-13H2,1-3H3,(H,29,34). The summed E-state index contributed by atoms with van der Waals surface area (Å²) in [7, 11) is 3.59. The molecule has 0 saturated heterocycles. The summed E-state index contributed by atoms with van der Waals surface area (Å²) in [6, 6.07) is 13.0. The van der Waals surface area contributed by atoms with E-state index in [0.29, 0.717) is 29.3 Å². The van der Waals surface area contributed by atoms with E-state index in [0.717, 1.165) is 24.0 Å². The summed E-state index contributed by atoms with van der Waals surface area (Å²) in [6.45, 7) is 1.85. The zero-order valence-corrected chi connectivity index (χ0v) is 20.6. The maximum atomic E-state index is 14.1. The third-order valence-electron chi connectivity index (χ3n) is 7.74. The molecule has 0 bridgehead atoms. The molecule has 0 radical (unpaired) electrons. The fourth-order valence-electron chi connectivity index (χ4n) is 5.44. The van der Waals surface area contributed by atoms with Crippen LogP contribution in [0.15, 0.2) is 65.8 Å². The van der Waals surface area contributed by atoms with Crippen LogP contribution in [0.4, 0.5) is 17.3 Å². The number of pyridine rings is 1. The summed E-state index contributed by atoms with van der Waals surface area (Å²) < 4.78 is 0. The maximum Gasteiger partial charge on any atom is 0.257 e. The van der Waals surface area contributed by atoms with Gasteiger partial charge in [-0.25, -0.2) is 4.98 Å². The highest BCUT2D eigenvalue weighted by Gasteiger charge is 2.47. The number of fused-ring (bicyclic) bond motifs is 1. The summed E-state index contributed by atoms with van der Waals surface area (Å²) in [4.78, 5) is 50.0. The van der Waals surface area contributed by atoms with Gasteiger partial charge in [0.1, 0.15) is 11.9 Å². The van der Waals surface area contributed by atoms with Crippen molar-refractivity contribution in [3.63, 3.8) is 0 Å². The zero-order chi connectivity index (χ0) is 25.1. The third-order valence-corrected chi connectivity index (χ3v) is 7.74. The molecule has 8 heteroatoms. The van der Waals surface area contributed by atoms with Gasteiger partial charge in [0.2, 0.25) is 11.8 Å². The first kappa shape index (κ1) is 22.5. The van der Waals surface area contributed by atoms with Gasteiger partial charge in [-0.15, -0.1) is 0 Å². The molecule has 1 fully saturated rings. The smallest absolute Gasteiger partial charge is 0.257 e. The molecular formula is C28H29N5O3. The number of hydrogen-bond acceptors (Lipinski definition) is 5. The van der Waals surface area contributed by atoms with Crippen molar-refractivity contribution in [3.8, 4) is 0 Å². The van der Waals surface area contributed by atoms with Gasteiger partial charge in [0.15, 0.2) is 5.82 Å². The summed E-state index contributed by atoms with van der Waals surface area (Å²) in [5.41, 5.74) is 3.06. The normalized spacial score (nSPS) is 25.3. The molecule has 1 aromatic heterocycles. The second-order valence-corrected chi connectivity index (χ2v) is 10.0. The molecule has 3 unspecified atom stereocenters. The minimum absolute atomic E-state index is 0.00857. The molecule has 184 valence electrons. The van der Waals surface area contributed by atoms with Gasteiger partial charge in [-0.3, -0.25) is 19.3 Å². The van der Waals surface area contributed by atoms with Crippen molar-refractivity contribution in [2.24, 2.45) is 5.92 Å². The predicted octanol–water partition coefficient (Wildman–Crippen LogP) is 3.12. The quantitative estimate of drug-likeness (QED) is 0.722. The summed E-state index contributed by atoms with van der Waals surface area (Å²) >= 11 is 0. The van der Waals surface area contributed by atoms with Crippen molar-refractivity contribution in [1.82, 2.24) is 10.3 Å². The Morgan fingerprint density at radius 2 is 1.81 bits per heavy atom. The Bertz CT molecular complexity index is 1330. The number of carbonyl (C=O) groups excluding carboxylic acids is 3. The minimum atomic E-state index is -0.515. The molecule has 2 aromatic rings. The first-order chi connectivity index (χ1) is 17.4. The molecule has 1 N–H and O–H groups in total. The van der Waals surface area contributed by atoms with E-state index in [-0.39, 0.29) is 29.8 Å². The number of aromatic nitrogens is 1. The molecule has 8 nitrogen and oxygen atoms in total. The lowest BCUT2D eigenvalue weighted by molar-refractivity contribution is -0.126. The van der Waals surface area contributed by atoms with E-state index in [4.69, 9.17) is 4.98 Å². The van der Waals surface area contributed by atoms with Gasteiger partial charge < -0.3 is 15.1 Å². The summed E-state index contributed by atoms with van der Waals surface area (Å²) in [5, 5.41) is 3.09. The van der Waals surface area contributed by atoms with Crippen LogP contribution in [0.3, 0.4) is 0 Å². The highest BCUT2D eigenvalue weighted by atomic mass is 16.2. The van der Waals surface area contributed by atoms with Gasteiger partial charge in [0.05, 0.1) is 17.6 Å². The molecule has 2 aliphatic heterocycles. The Labute approximate surface area is 210 Å². The average molecular weight is 484 g/mol.